The highest BCUT2D eigenvalue weighted by atomic mass is 32.1. The molecule has 0 fully saturated rings. The van der Waals surface area contributed by atoms with Gasteiger partial charge in [0.05, 0.1) is 12.8 Å². The summed E-state index contributed by atoms with van der Waals surface area (Å²) in [7, 11) is 4.12. The van der Waals surface area contributed by atoms with Gasteiger partial charge in [-0.2, -0.15) is 4.57 Å². The molecule has 0 radical (unpaired) electrons. The van der Waals surface area contributed by atoms with Crippen LogP contribution in [0.3, 0.4) is 0 Å². The molecule has 2 heterocycles. The summed E-state index contributed by atoms with van der Waals surface area (Å²) in [6, 6.07) is 31.0. The number of rotatable bonds is 11. The number of esters is 1. The van der Waals surface area contributed by atoms with Crippen LogP contribution in [-0.2, 0) is 35.6 Å². The second-order valence-corrected chi connectivity index (χ2v) is 11.1. The molecule has 0 saturated carbocycles. The van der Waals surface area contributed by atoms with Crippen LogP contribution in [0.5, 0.6) is 0 Å². The molecule has 0 atom stereocenters. The number of para-hydroxylation sites is 1. The number of carbonyl (C=O) groups is 1. The minimum Gasteiger partial charge on any atom is -0.461 e. The molecule has 0 aliphatic heterocycles. The number of fused-ring (bicyclic) bond motifs is 1. The zero-order valence-electron chi connectivity index (χ0n) is 23.1. The highest BCUT2D eigenvalue weighted by Gasteiger charge is 2.18. The van der Waals surface area contributed by atoms with Gasteiger partial charge in [-0.05, 0) is 35.4 Å². The summed E-state index contributed by atoms with van der Waals surface area (Å²) in [5.74, 6) is -0.210. The SMILES string of the molecule is CN(C)c1ccc(/C=C/c2sc3ccccc3[n+]2CCC[n+]2ccc(COC(=O)Cc3ccccc3)cc2)cc1. The predicted octanol–water partition coefficient (Wildman–Crippen LogP) is 6.09. The molecule has 0 aliphatic rings. The molecule has 202 valence electrons. The van der Waals surface area contributed by atoms with Gasteiger partial charge in [0.15, 0.2) is 25.5 Å². The third kappa shape index (κ3) is 7.21. The number of hydrogen-bond donors (Lipinski definition) is 0. The highest BCUT2D eigenvalue weighted by molar-refractivity contribution is 7.18. The van der Waals surface area contributed by atoms with Crippen LogP contribution in [0.1, 0.15) is 28.1 Å². The topological polar surface area (TPSA) is 37.3 Å². The van der Waals surface area contributed by atoms with E-state index in [4.69, 9.17) is 4.74 Å². The number of pyridine rings is 1. The third-order valence-corrected chi connectivity index (χ3v) is 7.94. The van der Waals surface area contributed by atoms with E-state index in [0.29, 0.717) is 6.42 Å². The first-order valence-corrected chi connectivity index (χ1v) is 14.4. The number of thiazole rings is 1. The number of benzene rings is 3. The molecule has 0 amide bonds. The van der Waals surface area contributed by atoms with Gasteiger partial charge in [0.1, 0.15) is 11.3 Å². The average Bonchev–Trinajstić information content (AvgIpc) is 3.34. The van der Waals surface area contributed by atoms with Crippen LogP contribution in [0.2, 0.25) is 0 Å². The zero-order valence-corrected chi connectivity index (χ0v) is 23.9. The summed E-state index contributed by atoms with van der Waals surface area (Å²) < 4.78 is 11.4. The van der Waals surface area contributed by atoms with Gasteiger partial charge in [0, 0.05) is 49.6 Å². The van der Waals surface area contributed by atoms with Crippen molar-refractivity contribution in [1.29, 1.82) is 0 Å². The maximum atomic E-state index is 12.2. The van der Waals surface area contributed by atoms with Crippen LogP contribution in [-0.4, -0.2) is 20.1 Å². The summed E-state index contributed by atoms with van der Waals surface area (Å²) >= 11 is 1.83. The predicted molar refractivity (Wildman–Crippen MR) is 163 cm³/mol. The van der Waals surface area contributed by atoms with Gasteiger partial charge in [-0.25, -0.2) is 4.57 Å². The van der Waals surface area contributed by atoms with Gasteiger partial charge in [0.2, 0.25) is 5.52 Å². The van der Waals surface area contributed by atoms with Gasteiger partial charge in [0.25, 0.3) is 5.01 Å². The number of nitrogens with zero attached hydrogens (tertiary/aromatic N) is 3. The molecular weight excluding hydrogens is 514 g/mol. The minimum absolute atomic E-state index is 0.210. The van der Waals surface area contributed by atoms with Crippen molar-refractivity contribution in [1.82, 2.24) is 0 Å². The number of aromatic nitrogens is 2. The van der Waals surface area contributed by atoms with E-state index in [2.05, 4.69) is 101 Å². The van der Waals surface area contributed by atoms with Crippen molar-refractivity contribution >= 4 is 45.4 Å². The van der Waals surface area contributed by atoms with Crippen molar-refractivity contribution in [2.45, 2.75) is 32.5 Å². The molecule has 5 aromatic rings. The number of aryl methyl sites for hydroxylation is 2. The Morgan fingerprint density at radius 2 is 1.55 bits per heavy atom. The fourth-order valence-electron chi connectivity index (χ4n) is 4.58. The number of anilines is 1. The van der Waals surface area contributed by atoms with Crippen molar-refractivity contribution in [3.63, 3.8) is 0 Å². The molecule has 2 aromatic heterocycles. The second kappa shape index (κ2) is 13.2. The van der Waals surface area contributed by atoms with E-state index in [1.165, 1.54) is 26.5 Å². The average molecular weight is 550 g/mol. The lowest BCUT2D eigenvalue weighted by molar-refractivity contribution is -0.716. The van der Waals surface area contributed by atoms with Crippen LogP contribution < -0.4 is 14.0 Å². The van der Waals surface area contributed by atoms with Crippen LogP contribution >= 0.6 is 11.3 Å². The van der Waals surface area contributed by atoms with Gasteiger partial charge >= 0.3 is 5.97 Å². The van der Waals surface area contributed by atoms with E-state index in [-0.39, 0.29) is 12.6 Å². The monoisotopic (exact) mass is 549 g/mol. The largest absolute Gasteiger partial charge is 0.461 e. The molecule has 0 aliphatic carbocycles. The summed E-state index contributed by atoms with van der Waals surface area (Å²) in [6.07, 6.45) is 9.85. The summed E-state index contributed by atoms with van der Waals surface area (Å²) in [4.78, 5) is 14.3. The molecule has 0 saturated heterocycles. The minimum atomic E-state index is -0.210. The summed E-state index contributed by atoms with van der Waals surface area (Å²) in [6.45, 7) is 2.12. The lowest BCUT2D eigenvalue weighted by Gasteiger charge is -2.11. The molecule has 0 unspecified atom stereocenters. The Morgan fingerprint density at radius 3 is 2.30 bits per heavy atom. The zero-order chi connectivity index (χ0) is 27.7. The lowest BCUT2D eigenvalue weighted by Crippen LogP contribution is -2.39. The van der Waals surface area contributed by atoms with E-state index < -0.39 is 0 Å². The van der Waals surface area contributed by atoms with E-state index in [9.17, 15) is 4.79 Å². The summed E-state index contributed by atoms with van der Waals surface area (Å²) in [5, 5.41) is 1.25. The van der Waals surface area contributed by atoms with Gasteiger partial charge in [-0.3, -0.25) is 4.79 Å². The Bertz CT molecular complexity index is 1570. The van der Waals surface area contributed by atoms with Crippen molar-refractivity contribution in [3.8, 4) is 0 Å². The molecule has 40 heavy (non-hydrogen) atoms. The first kappa shape index (κ1) is 27.3. The quantitative estimate of drug-likeness (QED) is 0.148. The highest BCUT2D eigenvalue weighted by Crippen LogP contribution is 2.22. The normalized spacial score (nSPS) is 11.2. The molecular formula is C34H35N3O2S+2. The first-order valence-electron chi connectivity index (χ1n) is 13.6. The molecule has 6 heteroatoms. The van der Waals surface area contributed by atoms with Crippen molar-refractivity contribution in [2.24, 2.45) is 0 Å². The van der Waals surface area contributed by atoms with E-state index in [1.54, 1.807) is 0 Å². The molecule has 0 N–H and O–H groups in total. The van der Waals surface area contributed by atoms with Crippen LogP contribution in [0.15, 0.2) is 103 Å². The Morgan fingerprint density at radius 1 is 0.825 bits per heavy atom. The smallest absolute Gasteiger partial charge is 0.310 e. The van der Waals surface area contributed by atoms with Gasteiger partial charge in [-0.1, -0.05) is 65.9 Å². The van der Waals surface area contributed by atoms with Crippen molar-refractivity contribution in [3.05, 3.63) is 125 Å². The van der Waals surface area contributed by atoms with Gasteiger partial charge in [-0.15, -0.1) is 0 Å². The second-order valence-electron chi connectivity index (χ2n) is 10.00. The van der Waals surface area contributed by atoms with Crippen molar-refractivity contribution < 1.29 is 18.7 Å². The molecule has 0 bridgehead atoms. The lowest BCUT2D eigenvalue weighted by atomic mass is 10.2. The maximum Gasteiger partial charge on any atom is 0.310 e. The van der Waals surface area contributed by atoms with E-state index >= 15 is 0 Å². The van der Waals surface area contributed by atoms with Gasteiger partial charge < -0.3 is 9.64 Å². The molecule has 0 spiro atoms. The molecule has 5 rings (SSSR count). The van der Waals surface area contributed by atoms with Crippen LogP contribution in [0.4, 0.5) is 5.69 Å². The fraction of sp³-hybridized carbons (Fsp3) is 0.206. The fourth-order valence-corrected chi connectivity index (χ4v) is 5.67. The first-order chi connectivity index (χ1) is 19.5. The number of hydrogen-bond acceptors (Lipinski definition) is 4. The Hall–Kier alpha value is -4.29. The maximum absolute atomic E-state index is 12.2. The summed E-state index contributed by atoms with van der Waals surface area (Å²) in [5.41, 5.74) is 5.61. The Kier molecular flexibility index (Phi) is 8.99. The van der Waals surface area contributed by atoms with E-state index in [1.807, 2.05) is 53.8 Å². The third-order valence-electron chi connectivity index (χ3n) is 6.81. The Balaban J connectivity index is 1.18. The Labute approximate surface area is 240 Å². The molecule has 3 aromatic carbocycles. The van der Waals surface area contributed by atoms with Crippen LogP contribution in [0, 0.1) is 0 Å². The van der Waals surface area contributed by atoms with Crippen LogP contribution in [0.25, 0.3) is 22.4 Å². The number of ether oxygens (including phenoxy) is 1. The molecule has 5 nitrogen and oxygen atoms in total. The van der Waals surface area contributed by atoms with E-state index in [0.717, 1.165) is 30.6 Å². The van der Waals surface area contributed by atoms with Crippen molar-refractivity contribution in [2.75, 3.05) is 19.0 Å². The standard InChI is InChI=1S/C34H35N3O2S/c1-35(2)30-16-13-27(14-17-30)15-18-33-37(31-11-6-7-12-32(31)40-33)22-8-21-36-23-19-29(20-24-36)26-39-34(38)25-28-9-4-3-5-10-28/h3-7,9-20,23-24H,8,21-22,25-26H2,1-2H3/q+2. The number of carbonyl (C=O) groups excluding carboxylic acids is 1.